The average molecular weight is 237 g/mol. The average Bonchev–Trinajstić information content (AvgIpc) is 2.34. The van der Waals surface area contributed by atoms with Crippen LogP contribution in [0, 0.1) is 5.92 Å². The third-order valence-corrected chi connectivity index (χ3v) is 2.77. The Labute approximate surface area is 100 Å². The predicted molar refractivity (Wildman–Crippen MR) is 66.8 cm³/mol. The minimum absolute atomic E-state index is 0.148. The van der Waals surface area contributed by atoms with Crippen LogP contribution < -0.4 is 16.5 Å². The van der Waals surface area contributed by atoms with Crippen LogP contribution in [-0.4, -0.2) is 24.0 Å². The molecule has 94 valence electrons. The molecule has 5 nitrogen and oxygen atoms in total. The van der Waals surface area contributed by atoms with Crippen molar-refractivity contribution in [1.82, 2.24) is 10.3 Å². The van der Waals surface area contributed by atoms with Gasteiger partial charge in [-0.1, -0.05) is 13.3 Å². The lowest BCUT2D eigenvalue weighted by molar-refractivity contribution is 0.0944. The molecule has 1 heterocycles. The monoisotopic (exact) mass is 237 g/mol. The van der Waals surface area contributed by atoms with E-state index in [1.165, 1.54) is 18.5 Å². The molecule has 1 atom stereocenters. The van der Waals surface area contributed by atoms with Gasteiger partial charge in [-0.3, -0.25) is 9.59 Å². The summed E-state index contributed by atoms with van der Waals surface area (Å²) >= 11 is 0. The van der Waals surface area contributed by atoms with E-state index in [1.807, 2.05) is 0 Å². The molecule has 1 unspecified atom stereocenters. The zero-order valence-electron chi connectivity index (χ0n) is 10.0. The predicted octanol–water partition coefficient (Wildman–Crippen LogP) is 0.480. The standard InChI is InChI=1S/C12H19N3O2/c1-2-9(3-5-13)7-15-12(17)10-8-14-6-4-11(10)16/h4,6,8-9H,2-3,5,7,13H2,1H3,(H,14,16)(H,15,17). The van der Waals surface area contributed by atoms with E-state index in [-0.39, 0.29) is 16.9 Å². The lowest BCUT2D eigenvalue weighted by Crippen LogP contribution is -2.33. The topological polar surface area (TPSA) is 88.0 Å². The molecule has 4 N–H and O–H groups in total. The fraction of sp³-hybridized carbons (Fsp3) is 0.500. The Balaban J connectivity index is 2.55. The van der Waals surface area contributed by atoms with E-state index in [1.54, 1.807) is 0 Å². The van der Waals surface area contributed by atoms with Gasteiger partial charge in [-0.15, -0.1) is 0 Å². The maximum atomic E-state index is 11.7. The van der Waals surface area contributed by atoms with Gasteiger partial charge in [0.1, 0.15) is 5.56 Å². The lowest BCUT2D eigenvalue weighted by atomic mass is 10.0. The van der Waals surface area contributed by atoms with Gasteiger partial charge in [0.15, 0.2) is 5.43 Å². The number of aromatic amines is 1. The zero-order chi connectivity index (χ0) is 12.7. The van der Waals surface area contributed by atoms with Crippen molar-refractivity contribution in [1.29, 1.82) is 0 Å². The summed E-state index contributed by atoms with van der Waals surface area (Å²) in [6, 6.07) is 1.34. The van der Waals surface area contributed by atoms with Crippen LogP contribution in [0.3, 0.4) is 0 Å². The molecule has 0 aliphatic heterocycles. The number of nitrogens with one attached hydrogen (secondary N) is 2. The molecule has 0 radical (unpaired) electrons. The number of aromatic nitrogens is 1. The number of hydrogen-bond acceptors (Lipinski definition) is 3. The summed E-state index contributed by atoms with van der Waals surface area (Å²) < 4.78 is 0. The van der Waals surface area contributed by atoms with Gasteiger partial charge in [0.05, 0.1) is 0 Å². The van der Waals surface area contributed by atoms with Crippen LogP contribution in [0.4, 0.5) is 0 Å². The van der Waals surface area contributed by atoms with E-state index in [4.69, 9.17) is 5.73 Å². The Kier molecular flexibility index (Phi) is 5.42. The van der Waals surface area contributed by atoms with Crippen molar-refractivity contribution in [3.63, 3.8) is 0 Å². The molecule has 1 aromatic rings. The minimum Gasteiger partial charge on any atom is -0.367 e. The zero-order valence-corrected chi connectivity index (χ0v) is 10.0. The van der Waals surface area contributed by atoms with Gasteiger partial charge in [-0.2, -0.15) is 0 Å². The summed E-state index contributed by atoms with van der Waals surface area (Å²) in [5, 5.41) is 2.76. The van der Waals surface area contributed by atoms with Gasteiger partial charge >= 0.3 is 0 Å². The number of H-pyrrole nitrogens is 1. The molecule has 5 heteroatoms. The number of amides is 1. The smallest absolute Gasteiger partial charge is 0.256 e. The molecule has 1 rings (SSSR count). The number of carbonyl (C=O) groups excluding carboxylic acids is 1. The molecule has 1 amide bonds. The molecular weight excluding hydrogens is 218 g/mol. The summed E-state index contributed by atoms with van der Waals surface area (Å²) in [5.74, 6) is 0.0362. The van der Waals surface area contributed by atoms with Crippen molar-refractivity contribution < 1.29 is 4.79 Å². The quantitative estimate of drug-likeness (QED) is 0.672. The lowest BCUT2D eigenvalue weighted by Gasteiger charge is -2.14. The Morgan fingerprint density at radius 3 is 2.94 bits per heavy atom. The van der Waals surface area contributed by atoms with E-state index in [9.17, 15) is 9.59 Å². The highest BCUT2D eigenvalue weighted by Crippen LogP contribution is 2.05. The van der Waals surface area contributed by atoms with Crippen LogP contribution in [0.5, 0.6) is 0 Å². The number of rotatable bonds is 6. The molecule has 0 aliphatic carbocycles. The van der Waals surface area contributed by atoms with Crippen LogP contribution in [-0.2, 0) is 0 Å². The highest BCUT2D eigenvalue weighted by Gasteiger charge is 2.11. The molecule has 17 heavy (non-hydrogen) atoms. The molecule has 0 aliphatic rings. The van der Waals surface area contributed by atoms with E-state index < -0.39 is 0 Å². The Morgan fingerprint density at radius 2 is 2.35 bits per heavy atom. The van der Waals surface area contributed by atoms with Crippen molar-refractivity contribution in [3.8, 4) is 0 Å². The van der Waals surface area contributed by atoms with Crippen LogP contribution in [0.1, 0.15) is 30.1 Å². The summed E-state index contributed by atoms with van der Waals surface area (Å²) in [5.41, 5.74) is 5.36. The maximum Gasteiger partial charge on any atom is 0.256 e. The minimum atomic E-state index is -0.331. The number of nitrogens with two attached hydrogens (primary N) is 1. The largest absolute Gasteiger partial charge is 0.367 e. The molecule has 0 saturated carbocycles. The van der Waals surface area contributed by atoms with Gasteiger partial charge in [0.2, 0.25) is 0 Å². The SMILES string of the molecule is CCC(CCN)CNC(=O)c1c[nH]ccc1=O. The van der Waals surface area contributed by atoms with E-state index >= 15 is 0 Å². The molecule has 1 aromatic heterocycles. The van der Waals surface area contributed by atoms with E-state index in [0.717, 1.165) is 12.8 Å². The molecule has 0 bridgehead atoms. The molecule has 0 fully saturated rings. The van der Waals surface area contributed by atoms with Gasteiger partial charge in [-0.05, 0) is 18.9 Å². The van der Waals surface area contributed by atoms with Gasteiger partial charge < -0.3 is 16.0 Å². The second-order valence-electron chi connectivity index (χ2n) is 3.98. The summed E-state index contributed by atoms with van der Waals surface area (Å²) in [7, 11) is 0. The summed E-state index contributed by atoms with van der Waals surface area (Å²) in [6.45, 7) is 3.23. The highest BCUT2D eigenvalue weighted by molar-refractivity contribution is 5.93. The fourth-order valence-electron chi connectivity index (χ4n) is 1.61. The second kappa shape index (κ2) is 6.85. The molecule has 0 spiro atoms. The van der Waals surface area contributed by atoms with Crippen LogP contribution in [0.25, 0.3) is 0 Å². The normalized spacial score (nSPS) is 12.1. The first kappa shape index (κ1) is 13.4. The Hall–Kier alpha value is -1.62. The first-order chi connectivity index (χ1) is 8.19. The maximum absolute atomic E-state index is 11.7. The Bertz CT molecular complexity index is 414. The van der Waals surface area contributed by atoms with E-state index in [0.29, 0.717) is 19.0 Å². The van der Waals surface area contributed by atoms with Crippen molar-refractivity contribution in [2.24, 2.45) is 11.7 Å². The van der Waals surface area contributed by atoms with Crippen LogP contribution >= 0.6 is 0 Å². The molecule has 0 aromatic carbocycles. The van der Waals surface area contributed by atoms with Crippen LogP contribution in [0.15, 0.2) is 23.3 Å². The first-order valence-electron chi connectivity index (χ1n) is 5.84. The number of hydrogen-bond donors (Lipinski definition) is 3. The van der Waals surface area contributed by atoms with Gasteiger partial charge in [0, 0.05) is 25.0 Å². The van der Waals surface area contributed by atoms with Crippen molar-refractivity contribution in [2.75, 3.05) is 13.1 Å². The highest BCUT2D eigenvalue weighted by atomic mass is 16.2. The van der Waals surface area contributed by atoms with Crippen molar-refractivity contribution in [2.45, 2.75) is 19.8 Å². The van der Waals surface area contributed by atoms with Crippen molar-refractivity contribution in [3.05, 3.63) is 34.2 Å². The van der Waals surface area contributed by atoms with Crippen molar-refractivity contribution >= 4 is 5.91 Å². The second-order valence-corrected chi connectivity index (χ2v) is 3.98. The third-order valence-electron chi connectivity index (χ3n) is 2.77. The fourth-order valence-corrected chi connectivity index (χ4v) is 1.61. The molecular formula is C12H19N3O2. The number of pyridine rings is 1. The summed E-state index contributed by atoms with van der Waals surface area (Å²) in [6.07, 6.45) is 4.76. The first-order valence-corrected chi connectivity index (χ1v) is 5.84. The number of carbonyl (C=O) groups is 1. The van der Waals surface area contributed by atoms with Gasteiger partial charge in [0.25, 0.3) is 5.91 Å². The molecule has 0 saturated heterocycles. The summed E-state index contributed by atoms with van der Waals surface area (Å²) in [4.78, 5) is 25.9. The Morgan fingerprint density at radius 1 is 1.59 bits per heavy atom. The van der Waals surface area contributed by atoms with E-state index in [2.05, 4.69) is 17.2 Å². The van der Waals surface area contributed by atoms with Gasteiger partial charge in [-0.25, -0.2) is 0 Å². The third kappa shape index (κ3) is 4.03. The van der Waals surface area contributed by atoms with Crippen LogP contribution in [0.2, 0.25) is 0 Å².